The van der Waals surface area contributed by atoms with Gasteiger partial charge in [-0.2, -0.15) is 0 Å². The van der Waals surface area contributed by atoms with Crippen LogP contribution in [0, 0.1) is 18.3 Å². The van der Waals surface area contributed by atoms with Crippen LogP contribution in [-0.2, 0) is 11.2 Å². The Hall–Kier alpha value is -1.31. The molecule has 3 rings (SSSR count). The van der Waals surface area contributed by atoms with Crippen LogP contribution in [0.3, 0.4) is 0 Å². The molecule has 1 amide bonds. The van der Waals surface area contributed by atoms with Crippen molar-refractivity contribution in [3.05, 3.63) is 35.4 Å². The molecule has 1 aliphatic carbocycles. The molecule has 0 aromatic heterocycles. The number of aryl methyl sites for hydroxylation is 1. The fourth-order valence-corrected chi connectivity index (χ4v) is 2.69. The largest absolute Gasteiger partial charge is 0.355 e. The summed E-state index contributed by atoms with van der Waals surface area (Å²) in [4.78, 5) is 11.7. The molecule has 2 nitrogen and oxygen atoms in total. The van der Waals surface area contributed by atoms with Gasteiger partial charge in [0.15, 0.2) is 0 Å². The highest BCUT2D eigenvalue weighted by atomic mass is 16.2. The highest BCUT2D eigenvalue weighted by molar-refractivity contribution is 5.89. The van der Waals surface area contributed by atoms with E-state index in [-0.39, 0.29) is 11.3 Å². The van der Waals surface area contributed by atoms with E-state index in [4.69, 9.17) is 0 Å². The zero-order valence-corrected chi connectivity index (χ0v) is 8.92. The molecule has 1 N–H and O–H groups in total. The zero-order valence-electron chi connectivity index (χ0n) is 8.92. The first-order valence-electron chi connectivity index (χ1n) is 5.54. The Labute approximate surface area is 89.7 Å². The van der Waals surface area contributed by atoms with E-state index in [1.54, 1.807) is 0 Å². The Bertz CT molecular complexity index is 409. The Morgan fingerprint density at radius 2 is 2.13 bits per heavy atom. The lowest BCUT2D eigenvalue weighted by Crippen LogP contribution is -2.26. The number of nitrogens with one attached hydrogen (secondary N) is 1. The standard InChI is InChI=1S/C13H15NO/c1-9-2-4-10(5-3-9)6-13-7-11(13)8-14-12(13)15/h2-5,11H,6-8H2,1H3,(H,14,15). The summed E-state index contributed by atoms with van der Waals surface area (Å²) >= 11 is 0. The highest BCUT2D eigenvalue weighted by Gasteiger charge is 2.63. The molecule has 15 heavy (non-hydrogen) atoms. The topological polar surface area (TPSA) is 29.1 Å². The van der Waals surface area contributed by atoms with E-state index in [0.29, 0.717) is 5.92 Å². The molecular formula is C13H15NO. The predicted molar refractivity (Wildman–Crippen MR) is 58.4 cm³/mol. The van der Waals surface area contributed by atoms with Crippen molar-refractivity contribution in [2.45, 2.75) is 19.8 Å². The number of amides is 1. The molecule has 1 aliphatic heterocycles. The number of carbonyl (C=O) groups excluding carboxylic acids is 1. The van der Waals surface area contributed by atoms with Crippen LogP contribution < -0.4 is 5.32 Å². The third kappa shape index (κ3) is 1.28. The molecule has 0 bridgehead atoms. The second-order valence-electron chi connectivity index (χ2n) is 4.93. The summed E-state index contributed by atoms with van der Waals surface area (Å²) < 4.78 is 0. The molecule has 2 fully saturated rings. The molecule has 1 aromatic rings. The molecule has 0 radical (unpaired) electrons. The number of carbonyl (C=O) groups is 1. The van der Waals surface area contributed by atoms with Gasteiger partial charge in [-0.1, -0.05) is 29.8 Å². The molecular weight excluding hydrogens is 186 g/mol. The van der Waals surface area contributed by atoms with Gasteiger partial charge in [-0.25, -0.2) is 0 Å². The normalized spacial score (nSPS) is 32.3. The van der Waals surface area contributed by atoms with Crippen molar-refractivity contribution in [3.63, 3.8) is 0 Å². The third-order valence-electron chi connectivity index (χ3n) is 3.83. The average Bonchev–Trinajstić information content (AvgIpc) is 2.86. The lowest BCUT2D eigenvalue weighted by atomic mass is 9.94. The summed E-state index contributed by atoms with van der Waals surface area (Å²) in [6.45, 7) is 2.98. The van der Waals surface area contributed by atoms with Crippen molar-refractivity contribution < 1.29 is 4.79 Å². The van der Waals surface area contributed by atoms with Crippen LogP contribution in [0.5, 0.6) is 0 Å². The third-order valence-corrected chi connectivity index (χ3v) is 3.83. The zero-order chi connectivity index (χ0) is 10.5. The van der Waals surface area contributed by atoms with Gasteiger partial charge in [0.05, 0.1) is 5.41 Å². The number of fused-ring (bicyclic) bond motifs is 1. The monoisotopic (exact) mass is 201 g/mol. The van der Waals surface area contributed by atoms with E-state index in [0.717, 1.165) is 19.4 Å². The molecule has 0 spiro atoms. The maximum Gasteiger partial charge on any atom is 0.226 e. The first-order valence-corrected chi connectivity index (χ1v) is 5.54. The van der Waals surface area contributed by atoms with Gasteiger partial charge in [0, 0.05) is 6.54 Å². The van der Waals surface area contributed by atoms with Gasteiger partial charge in [0.2, 0.25) is 5.91 Å². The van der Waals surface area contributed by atoms with E-state index < -0.39 is 0 Å². The van der Waals surface area contributed by atoms with Crippen molar-refractivity contribution in [2.75, 3.05) is 6.54 Å². The minimum absolute atomic E-state index is 0.0325. The molecule has 78 valence electrons. The summed E-state index contributed by atoms with van der Waals surface area (Å²) in [6.07, 6.45) is 2.01. The highest BCUT2D eigenvalue weighted by Crippen LogP contribution is 2.57. The number of hydrogen-bond acceptors (Lipinski definition) is 1. The predicted octanol–water partition coefficient (Wildman–Crippen LogP) is 1.67. The second kappa shape index (κ2) is 2.84. The lowest BCUT2D eigenvalue weighted by Gasteiger charge is -2.10. The van der Waals surface area contributed by atoms with Crippen LogP contribution in [0.1, 0.15) is 17.5 Å². The van der Waals surface area contributed by atoms with Crippen LogP contribution in [0.15, 0.2) is 24.3 Å². The minimum atomic E-state index is -0.0325. The van der Waals surface area contributed by atoms with Crippen LogP contribution in [0.2, 0.25) is 0 Å². The van der Waals surface area contributed by atoms with Gasteiger partial charge in [0.25, 0.3) is 0 Å². The van der Waals surface area contributed by atoms with Crippen molar-refractivity contribution in [1.29, 1.82) is 0 Å². The maximum absolute atomic E-state index is 11.7. The molecule has 1 aromatic carbocycles. The first-order chi connectivity index (χ1) is 7.21. The van der Waals surface area contributed by atoms with Crippen LogP contribution in [-0.4, -0.2) is 12.5 Å². The smallest absolute Gasteiger partial charge is 0.226 e. The average molecular weight is 201 g/mol. The van der Waals surface area contributed by atoms with Gasteiger partial charge in [-0.15, -0.1) is 0 Å². The number of piperidine rings is 1. The van der Waals surface area contributed by atoms with Crippen LogP contribution >= 0.6 is 0 Å². The fourth-order valence-electron chi connectivity index (χ4n) is 2.69. The van der Waals surface area contributed by atoms with Crippen molar-refractivity contribution in [3.8, 4) is 0 Å². The van der Waals surface area contributed by atoms with E-state index in [1.807, 2.05) is 0 Å². The molecule has 1 saturated heterocycles. The number of hydrogen-bond donors (Lipinski definition) is 1. The molecule has 1 heterocycles. The fraction of sp³-hybridized carbons (Fsp3) is 0.462. The molecule has 2 atom stereocenters. The Kier molecular flexibility index (Phi) is 1.70. The van der Waals surface area contributed by atoms with Gasteiger partial charge < -0.3 is 5.32 Å². The van der Waals surface area contributed by atoms with Gasteiger partial charge in [-0.05, 0) is 31.2 Å². The number of benzene rings is 1. The van der Waals surface area contributed by atoms with E-state index >= 15 is 0 Å². The molecule has 1 saturated carbocycles. The molecule has 2 heteroatoms. The van der Waals surface area contributed by atoms with E-state index in [2.05, 4.69) is 36.5 Å². The van der Waals surface area contributed by atoms with Gasteiger partial charge >= 0.3 is 0 Å². The quantitative estimate of drug-likeness (QED) is 0.775. The van der Waals surface area contributed by atoms with Crippen molar-refractivity contribution in [1.82, 2.24) is 5.32 Å². The van der Waals surface area contributed by atoms with Crippen LogP contribution in [0.4, 0.5) is 0 Å². The maximum atomic E-state index is 11.7. The van der Waals surface area contributed by atoms with Gasteiger partial charge in [0.1, 0.15) is 0 Å². The SMILES string of the molecule is Cc1ccc(CC23CC2CNC3=O)cc1. The summed E-state index contributed by atoms with van der Waals surface area (Å²) in [6, 6.07) is 8.53. The van der Waals surface area contributed by atoms with Crippen molar-refractivity contribution >= 4 is 5.91 Å². The second-order valence-corrected chi connectivity index (χ2v) is 4.93. The Morgan fingerprint density at radius 3 is 2.67 bits per heavy atom. The summed E-state index contributed by atoms with van der Waals surface area (Å²) in [5.74, 6) is 0.874. The van der Waals surface area contributed by atoms with E-state index in [9.17, 15) is 4.79 Å². The Morgan fingerprint density at radius 1 is 1.40 bits per heavy atom. The number of rotatable bonds is 2. The molecule has 2 aliphatic rings. The lowest BCUT2D eigenvalue weighted by molar-refractivity contribution is -0.124. The van der Waals surface area contributed by atoms with Crippen LogP contribution in [0.25, 0.3) is 0 Å². The summed E-state index contributed by atoms with van der Waals surface area (Å²) in [7, 11) is 0. The Balaban J connectivity index is 1.81. The van der Waals surface area contributed by atoms with Crippen molar-refractivity contribution in [2.24, 2.45) is 11.3 Å². The van der Waals surface area contributed by atoms with Gasteiger partial charge in [-0.3, -0.25) is 4.79 Å². The first kappa shape index (κ1) is 8.96. The molecule has 2 unspecified atom stereocenters. The summed E-state index contributed by atoms with van der Waals surface area (Å²) in [5.41, 5.74) is 2.54. The minimum Gasteiger partial charge on any atom is -0.355 e. The summed E-state index contributed by atoms with van der Waals surface area (Å²) in [5, 5.41) is 2.95. The van der Waals surface area contributed by atoms with E-state index in [1.165, 1.54) is 11.1 Å².